The van der Waals surface area contributed by atoms with Gasteiger partial charge in [0.2, 0.25) is 0 Å². The molecule has 1 aromatic rings. The maximum absolute atomic E-state index is 5.40. The van der Waals surface area contributed by atoms with Gasteiger partial charge in [-0.15, -0.1) is 0 Å². The zero-order valence-electron chi connectivity index (χ0n) is 13.3. The minimum Gasteiger partial charge on any atom is -0.379 e. The summed E-state index contributed by atoms with van der Waals surface area (Å²) in [6, 6.07) is 7.60. The van der Waals surface area contributed by atoms with Crippen LogP contribution in [0.5, 0.6) is 0 Å². The van der Waals surface area contributed by atoms with Crippen LogP contribution in [0.2, 0.25) is 0 Å². The number of hydrogen-bond donors (Lipinski definition) is 1. The quantitative estimate of drug-likeness (QED) is 0.895. The Labute approximate surface area is 123 Å². The first-order valence-electron chi connectivity index (χ1n) is 7.69. The molecule has 1 fully saturated rings. The number of aryl methyl sites for hydroxylation is 2. The zero-order valence-corrected chi connectivity index (χ0v) is 13.3. The average Bonchev–Trinajstić information content (AvgIpc) is 2.39. The van der Waals surface area contributed by atoms with Crippen molar-refractivity contribution in [3.63, 3.8) is 0 Å². The van der Waals surface area contributed by atoms with E-state index in [1.807, 2.05) is 0 Å². The monoisotopic (exact) mass is 276 g/mol. The molecule has 1 saturated heterocycles. The average molecular weight is 276 g/mol. The van der Waals surface area contributed by atoms with Gasteiger partial charge in [0.1, 0.15) is 0 Å². The van der Waals surface area contributed by atoms with Crippen molar-refractivity contribution in [2.75, 3.05) is 32.8 Å². The maximum Gasteiger partial charge on any atom is 0.0594 e. The number of hydrogen-bond acceptors (Lipinski definition) is 3. The second kappa shape index (κ2) is 7.21. The molecule has 0 radical (unpaired) electrons. The number of morpholine rings is 1. The van der Waals surface area contributed by atoms with Gasteiger partial charge in [0.15, 0.2) is 0 Å². The Morgan fingerprint density at radius 1 is 1.20 bits per heavy atom. The van der Waals surface area contributed by atoms with E-state index < -0.39 is 0 Å². The molecule has 20 heavy (non-hydrogen) atoms. The van der Waals surface area contributed by atoms with Gasteiger partial charge in [-0.1, -0.05) is 23.8 Å². The molecule has 2 atom stereocenters. The van der Waals surface area contributed by atoms with Crippen LogP contribution in [-0.2, 0) is 4.74 Å². The maximum atomic E-state index is 5.40. The Morgan fingerprint density at radius 3 is 2.55 bits per heavy atom. The van der Waals surface area contributed by atoms with Crippen molar-refractivity contribution in [2.45, 2.75) is 39.8 Å². The van der Waals surface area contributed by atoms with Crippen LogP contribution >= 0.6 is 0 Å². The highest BCUT2D eigenvalue weighted by Crippen LogP contribution is 2.19. The highest BCUT2D eigenvalue weighted by Gasteiger charge is 2.16. The third-order valence-electron chi connectivity index (χ3n) is 4.06. The van der Waals surface area contributed by atoms with Gasteiger partial charge in [-0.2, -0.15) is 0 Å². The molecule has 1 aromatic carbocycles. The van der Waals surface area contributed by atoms with E-state index in [1.54, 1.807) is 0 Å². The van der Waals surface area contributed by atoms with Gasteiger partial charge >= 0.3 is 0 Å². The van der Waals surface area contributed by atoms with Gasteiger partial charge < -0.3 is 10.1 Å². The van der Waals surface area contributed by atoms with Crippen LogP contribution in [0.4, 0.5) is 0 Å². The summed E-state index contributed by atoms with van der Waals surface area (Å²) in [6.45, 7) is 13.8. The van der Waals surface area contributed by atoms with Crippen LogP contribution in [0.1, 0.15) is 36.6 Å². The fraction of sp³-hybridized carbons (Fsp3) is 0.647. The van der Waals surface area contributed by atoms with Crippen LogP contribution in [0.25, 0.3) is 0 Å². The fourth-order valence-electron chi connectivity index (χ4n) is 3.05. The molecule has 112 valence electrons. The lowest BCUT2D eigenvalue weighted by molar-refractivity contribution is 0.0339. The minimum absolute atomic E-state index is 0.395. The van der Waals surface area contributed by atoms with Crippen molar-refractivity contribution in [1.82, 2.24) is 10.2 Å². The highest BCUT2D eigenvalue weighted by molar-refractivity contribution is 5.32. The molecule has 2 rings (SSSR count). The van der Waals surface area contributed by atoms with Crippen molar-refractivity contribution in [2.24, 2.45) is 0 Å². The lowest BCUT2D eigenvalue weighted by atomic mass is 10.00. The van der Waals surface area contributed by atoms with Crippen molar-refractivity contribution in [3.05, 3.63) is 34.9 Å². The number of rotatable bonds is 5. The first-order valence-corrected chi connectivity index (χ1v) is 7.69. The molecule has 3 nitrogen and oxygen atoms in total. The first kappa shape index (κ1) is 15.5. The summed E-state index contributed by atoms with van der Waals surface area (Å²) in [5, 5.41) is 3.72. The van der Waals surface area contributed by atoms with Crippen LogP contribution in [0, 0.1) is 13.8 Å². The van der Waals surface area contributed by atoms with Crippen LogP contribution in [0.3, 0.4) is 0 Å². The Hall–Kier alpha value is -0.900. The standard InChI is InChI=1S/C17H28N2O/c1-13-5-6-17(14(2)11-13)16(4)18-15(3)12-19-7-9-20-10-8-19/h5-6,11,15-16,18H,7-10,12H2,1-4H3. The SMILES string of the molecule is Cc1ccc(C(C)NC(C)CN2CCOCC2)c(C)c1. The van der Waals surface area contributed by atoms with Crippen LogP contribution in [0.15, 0.2) is 18.2 Å². The zero-order chi connectivity index (χ0) is 14.5. The Kier molecular flexibility index (Phi) is 5.58. The molecule has 0 bridgehead atoms. The summed E-state index contributed by atoms with van der Waals surface area (Å²) in [6.07, 6.45) is 0. The fourth-order valence-corrected chi connectivity index (χ4v) is 3.05. The van der Waals surface area contributed by atoms with Gasteiger partial charge in [-0.05, 0) is 38.8 Å². The van der Waals surface area contributed by atoms with Gasteiger partial charge in [-0.3, -0.25) is 4.90 Å². The summed E-state index contributed by atoms with van der Waals surface area (Å²) in [4.78, 5) is 2.48. The second-order valence-corrected chi connectivity index (χ2v) is 6.06. The lowest BCUT2D eigenvalue weighted by Gasteiger charge is -2.31. The van der Waals surface area contributed by atoms with Gasteiger partial charge in [-0.25, -0.2) is 0 Å². The molecule has 1 aliphatic rings. The summed E-state index contributed by atoms with van der Waals surface area (Å²) < 4.78 is 5.40. The first-order chi connectivity index (χ1) is 9.56. The second-order valence-electron chi connectivity index (χ2n) is 6.06. The number of benzene rings is 1. The minimum atomic E-state index is 0.395. The Morgan fingerprint density at radius 2 is 1.90 bits per heavy atom. The predicted octanol–water partition coefficient (Wildman–Crippen LogP) is 2.67. The van der Waals surface area contributed by atoms with Crippen LogP contribution < -0.4 is 5.32 Å². The van der Waals surface area contributed by atoms with Gasteiger partial charge in [0, 0.05) is 31.7 Å². The molecular weight excluding hydrogens is 248 g/mol. The highest BCUT2D eigenvalue weighted by atomic mass is 16.5. The summed E-state index contributed by atoms with van der Waals surface area (Å²) >= 11 is 0. The third kappa shape index (κ3) is 4.30. The summed E-state index contributed by atoms with van der Waals surface area (Å²) in [7, 11) is 0. The van der Waals surface area contributed by atoms with Crippen molar-refractivity contribution in [3.8, 4) is 0 Å². The number of ether oxygens (including phenoxy) is 1. The van der Waals surface area contributed by atoms with E-state index in [0.717, 1.165) is 32.8 Å². The van der Waals surface area contributed by atoms with E-state index in [2.05, 4.69) is 56.1 Å². The largest absolute Gasteiger partial charge is 0.379 e. The molecule has 1 heterocycles. The number of nitrogens with zero attached hydrogens (tertiary/aromatic N) is 1. The van der Waals surface area contributed by atoms with Gasteiger partial charge in [0.25, 0.3) is 0 Å². The van der Waals surface area contributed by atoms with Crippen molar-refractivity contribution < 1.29 is 4.74 Å². The van der Waals surface area contributed by atoms with Crippen LogP contribution in [-0.4, -0.2) is 43.8 Å². The van der Waals surface area contributed by atoms with E-state index in [4.69, 9.17) is 4.74 Å². The predicted molar refractivity (Wildman–Crippen MR) is 84.2 cm³/mol. The van der Waals surface area contributed by atoms with Crippen molar-refractivity contribution >= 4 is 0 Å². The van der Waals surface area contributed by atoms with E-state index in [0.29, 0.717) is 12.1 Å². The molecule has 0 aliphatic carbocycles. The van der Waals surface area contributed by atoms with Crippen molar-refractivity contribution in [1.29, 1.82) is 0 Å². The Bertz CT molecular complexity index is 427. The number of nitrogens with one attached hydrogen (secondary N) is 1. The third-order valence-corrected chi connectivity index (χ3v) is 4.06. The normalized spacial score (nSPS) is 19.8. The molecule has 1 N–H and O–H groups in total. The van der Waals surface area contributed by atoms with E-state index in [-0.39, 0.29) is 0 Å². The molecule has 0 spiro atoms. The molecule has 2 unspecified atom stereocenters. The van der Waals surface area contributed by atoms with E-state index in [1.165, 1.54) is 16.7 Å². The van der Waals surface area contributed by atoms with Gasteiger partial charge in [0.05, 0.1) is 13.2 Å². The molecule has 1 aliphatic heterocycles. The van der Waals surface area contributed by atoms with E-state index in [9.17, 15) is 0 Å². The lowest BCUT2D eigenvalue weighted by Crippen LogP contribution is -2.45. The molecule has 3 heteroatoms. The molecular formula is C17H28N2O. The molecule has 0 amide bonds. The topological polar surface area (TPSA) is 24.5 Å². The smallest absolute Gasteiger partial charge is 0.0594 e. The Balaban J connectivity index is 1.87. The van der Waals surface area contributed by atoms with E-state index >= 15 is 0 Å². The summed E-state index contributed by atoms with van der Waals surface area (Å²) in [5.74, 6) is 0. The molecule has 0 aromatic heterocycles. The molecule has 0 saturated carbocycles. The summed E-state index contributed by atoms with van der Waals surface area (Å²) in [5.41, 5.74) is 4.12.